The zero-order valence-corrected chi connectivity index (χ0v) is 8.64. The van der Waals surface area contributed by atoms with E-state index in [9.17, 15) is 0 Å². The molecule has 78 valence electrons. The van der Waals surface area contributed by atoms with Crippen molar-refractivity contribution in [1.29, 1.82) is 0 Å². The number of hydrogen-bond donors (Lipinski definition) is 2. The Hall–Kier alpha value is -2.29. The number of aromatic amines is 2. The van der Waals surface area contributed by atoms with Gasteiger partial charge in [0.25, 0.3) is 0 Å². The number of rotatable bonds is 2. The fourth-order valence-corrected chi connectivity index (χ4v) is 1.74. The third-order valence-corrected chi connectivity index (χ3v) is 2.54. The zero-order valence-electron chi connectivity index (χ0n) is 8.64. The molecule has 0 unspecified atom stereocenters. The summed E-state index contributed by atoms with van der Waals surface area (Å²) in [5.41, 5.74) is 4.24. The largest absolute Gasteiger partial charge is 0.361 e. The first-order valence-electron chi connectivity index (χ1n) is 5.17. The Morgan fingerprint density at radius 2 is 1.62 bits per heavy atom. The second kappa shape index (κ2) is 3.70. The Balaban J connectivity index is 2.07. The van der Waals surface area contributed by atoms with Gasteiger partial charge in [0, 0.05) is 29.8 Å². The standard InChI is InChI=1S/C13H11N3/c1-3-11(14-6-1)10-5-8-16-13(9-10)12-4-2-7-15-12/h1-9,14-15H. The second-order valence-electron chi connectivity index (χ2n) is 3.60. The molecule has 0 aliphatic heterocycles. The highest BCUT2D eigenvalue weighted by atomic mass is 14.8. The molecule has 0 fully saturated rings. The Bertz CT molecular complexity index is 516. The molecule has 0 aliphatic rings. The molecule has 3 aromatic rings. The second-order valence-corrected chi connectivity index (χ2v) is 3.60. The molecular formula is C13H11N3. The first kappa shape index (κ1) is 8.97. The van der Waals surface area contributed by atoms with Crippen LogP contribution in [0.3, 0.4) is 0 Å². The summed E-state index contributed by atoms with van der Waals surface area (Å²) < 4.78 is 0. The van der Waals surface area contributed by atoms with E-state index in [1.807, 2.05) is 48.9 Å². The Kier molecular flexibility index (Phi) is 2.07. The normalized spacial score (nSPS) is 10.5. The van der Waals surface area contributed by atoms with E-state index in [2.05, 4.69) is 21.0 Å². The van der Waals surface area contributed by atoms with Gasteiger partial charge in [0.05, 0.1) is 11.4 Å². The van der Waals surface area contributed by atoms with Crippen LogP contribution in [0.4, 0.5) is 0 Å². The maximum Gasteiger partial charge on any atom is 0.0871 e. The number of H-pyrrole nitrogens is 2. The molecule has 16 heavy (non-hydrogen) atoms. The molecule has 3 heteroatoms. The van der Waals surface area contributed by atoms with Crippen LogP contribution in [0.1, 0.15) is 0 Å². The van der Waals surface area contributed by atoms with Crippen LogP contribution in [0.15, 0.2) is 55.0 Å². The lowest BCUT2D eigenvalue weighted by atomic mass is 10.1. The molecule has 0 amide bonds. The predicted molar refractivity (Wildman–Crippen MR) is 63.8 cm³/mol. The van der Waals surface area contributed by atoms with Crippen LogP contribution >= 0.6 is 0 Å². The molecule has 0 bridgehead atoms. The highest BCUT2D eigenvalue weighted by molar-refractivity contribution is 5.66. The quantitative estimate of drug-likeness (QED) is 0.669. The van der Waals surface area contributed by atoms with Gasteiger partial charge in [0.2, 0.25) is 0 Å². The van der Waals surface area contributed by atoms with Gasteiger partial charge in [-0.1, -0.05) is 0 Å². The van der Waals surface area contributed by atoms with Crippen molar-refractivity contribution >= 4 is 0 Å². The first-order chi connectivity index (χ1) is 7.93. The summed E-state index contributed by atoms with van der Waals surface area (Å²) in [5, 5.41) is 0. The van der Waals surface area contributed by atoms with Crippen molar-refractivity contribution in [2.24, 2.45) is 0 Å². The smallest absolute Gasteiger partial charge is 0.0871 e. The van der Waals surface area contributed by atoms with Crippen molar-refractivity contribution < 1.29 is 0 Å². The van der Waals surface area contributed by atoms with Crippen molar-refractivity contribution in [2.45, 2.75) is 0 Å². The SMILES string of the molecule is c1c[nH]c(-c2ccnc(-c3ccc[nH]3)c2)c1. The van der Waals surface area contributed by atoms with Crippen molar-refractivity contribution in [2.75, 3.05) is 0 Å². The minimum absolute atomic E-state index is 0.956. The van der Waals surface area contributed by atoms with Gasteiger partial charge < -0.3 is 9.97 Å². The van der Waals surface area contributed by atoms with Gasteiger partial charge in [-0.25, -0.2) is 0 Å². The summed E-state index contributed by atoms with van der Waals surface area (Å²) in [6, 6.07) is 12.1. The molecule has 3 nitrogen and oxygen atoms in total. The van der Waals surface area contributed by atoms with Gasteiger partial charge >= 0.3 is 0 Å². The van der Waals surface area contributed by atoms with Crippen molar-refractivity contribution in [1.82, 2.24) is 15.0 Å². The number of hydrogen-bond acceptors (Lipinski definition) is 1. The molecule has 0 aromatic carbocycles. The molecule has 0 saturated carbocycles. The molecule has 0 aliphatic carbocycles. The minimum atomic E-state index is 0.956. The van der Waals surface area contributed by atoms with Gasteiger partial charge in [0.1, 0.15) is 0 Å². The van der Waals surface area contributed by atoms with Crippen LogP contribution in [0.2, 0.25) is 0 Å². The summed E-state index contributed by atoms with van der Waals surface area (Å²) >= 11 is 0. The van der Waals surface area contributed by atoms with Crippen LogP contribution in [-0.4, -0.2) is 15.0 Å². The van der Waals surface area contributed by atoms with E-state index >= 15 is 0 Å². The van der Waals surface area contributed by atoms with Crippen LogP contribution in [0.5, 0.6) is 0 Å². The van der Waals surface area contributed by atoms with E-state index in [0.29, 0.717) is 0 Å². The van der Waals surface area contributed by atoms with Crippen molar-refractivity contribution in [3.8, 4) is 22.6 Å². The highest BCUT2D eigenvalue weighted by Gasteiger charge is 2.02. The lowest BCUT2D eigenvalue weighted by Gasteiger charge is -2.01. The number of aromatic nitrogens is 3. The Morgan fingerprint density at radius 3 is 2.31 bits per heavy atom. The van der Waals surface area contributed by atoms with Gasteiger partial charge in [0.15, 0.2) is 0 Å². The molecule has 2 N–H and O–H groups in total. The fourth-order valence-electron chi connectivity index (χ4n) is 1.74. The molecule has 3 heterocycles. The minimum Gasteiger partial charge on any atom is -0.361 e. The molecule has 3 rings (SSSR count). The molecular weight excluding hydrogens is 198 g/mol. The van der Waals surface area contributed by atoms with Gasteiger partial charge in [-0.3, -0.25) is 4.98 Å². The molecule has 0 atom stereocenters. The summed E-state index contributed by atoms with van der Waals surface area (Å²) in [6.07, 6.45) is 5.65. The maximum absolute atomic E-state index is 4.35. The monoisotopic (exact) mass is 209 g/mol. The van der Waals surface area contributed by atoms with Crippen LogP contribution in [-0.2, 0) is 0 Å². The Morgan fingerprint density at radius 1 is 0.875 bits per heavy atom. The summed E-state index contributed by atoms with van der Waals surface area (Å²) in [6.45, 7) is 0. The molecule has 0 spiro atoms. The third-order valence-electron chi connectivity index (χ3n) is 2.54. The topological polar surface area (TPSA) is 44.5 Å². The number of pyridine rings is 1. The summed E-state index contributed by atoms with van der Waals surface area (Å²) in [7, 11) is 0. The summed E-state index contributed by atoms with van der Waals surface area (Å²) in [4.78, 5) is 10.7. The van der Waals surface area contributed by atoms with E-state index in [1.165, 1.54) is 0 Å². The maximum atomic E-state index is 4.35. The van der Waals surface area contributed by atoms with E-state index in [0.717, 1.165) is 22.6 Å². The summed E-state index contributed by atoms with van der Waals surface area (Å²) in [5.74, 6) is 0. The fraction of sp³-hybridized carbons (Fsp3) is 0. The number of nitrogens with one attached hydrogen (secondary N) is 2. The predicted octanol–water partition coefficient (Wildman–Crippen LogP) is 3.07. The van der Waals surface area contributed by atoms with Crippen molar-refractivity contribution in [3.05, 3.63) is 55.0 Å². The lowest BCUT2D eigenvalue weighted by Crippen LogP contribution is -1.85. The molecule has 3 aromatic heterocycles. The van der Waals surface area contributed by atoms with E-state index in [-0.39, 0.29) is 0 Å². The first-order valence-corrected chi connectivity index (χ1v) is 5.17. The van der Waals surface area contributed by atoms with Gasteiger partial charge in [-0.2, -0.15) is 0 Å². The van der Waals surface area contributed by atoms with E-state index < -0.39 is 0 Å². The van der Waals surface area contributed by atoms with Gasteiger partial charge in [-0.15, -0.1) is 0 Å². The van der Waals surface area contributed by atoms with E-state index in [1.54, 1.807) is 0 Å². The Labute approximate surface area is 93.2 Å². The van der Waals surface area contributed by atoms with Crippen LogP contribution < -0.4 is 0 Å². The molecule has 0 radical (unpaired) electrons. The average Bonchev–Trinajstić information content (AvgIpc) is 3.03. The van der Waals surface area contributed by atoms with E-state index in [4.69, 9.17) is 0 Å². The number of nitrogens with zero attached hydrogens (tertiary/aromatic N) is 1. The zero-order chi connectivity index (χ0) is 10.8. The molecule has 0 saturated heterocycles. The lowest BCUT2D eigenvalue weighted by molar-refractivity contribution is 1.27. The highest BCUT2D eigenvalue weighted by Crippen LogP contribution is 2.21. The average molecular weight is 209 g/mol. The van der Waals surface area contributed by atoms with Crippen molar-refractivity contribution in [3.63, 3.8) is 0 Å². The van der Waals surface area contributed by atoms with Gasteiger partial charge in [-0.05, 0) is 36.4 Å². The third kappa shape index (κ3) is 1.52. The van der Waals surface area contributed by atoms with Crippen LogP contribution in [0, 0.1) is 0 Å². The van der Waals surface area contributed by atoms with Crippen LogP contribution in [0.25, 0.3) is 22.6 Å².